The first-order chi connectivity index (χ1) is 16.9. The van der Waals surface area contributed by atoms with Crippen molar-refractivity contribution in [3.05, 3.63) is 48.2 Å². The minimum atomic E-state index is -0.146. The number of hydrogen-bond donors (Lipinski definition) is 2. The van der Waals surface area contributed by atoms with Crippen LogP contribution in [-0.2, 0) is 23.0 Å². The Bertz CT molecular complexity index is 1390. The number of nitrogens with one attached hydrogen (secondary N) is 1. The van der Waals surface area contributed by atoms with Crippen LogP contribution in [-0.4, -0.2) is 50.5 Å². The lowest BCUT2D eigenvalue weighted by Gasteiger charge is -2.24. The van der Waals surface area contributed by atoms with Gasteiger partial charge in [0.2, 0.25) is 5.91 Å². The molecule has 3 aromatic heterocycles. The molecule has 0 saturated carbocycles. The lowest BCUT2D eigenvalue weighted by molar-refractivity contribution is -0.115. The molecule has 0 bridgehead atoms. The van der Waals surface area contributed by atoms with Crippen LogP contribution in [0.3, 0.4) is 0 Å². The van der Waals surface area contributed by atoms with Crippen LogP contribution in [0.15, 0.2) is 36.8 Å². The van der Waals surface area contributed by atoms with Crippen LogP contribution in [0.1, 0.15) is 30.3 Å². The molecule has 1 aliphatic heterocycles. The summed E-state index contributed by atoms with van der Waals surface area (Å²) in [7, 11) is 3.42. The molecule has 1 saturated heterocycles. The van der Waals surface area contributed by atoms with Crippen LogP contribution in [0.25, 0.3) is 22.2 Å². The van der Waals surface area contributed by atoms with Crippen molar-refractivity contribution < 1.29 is 14.3 Å². The van der Waals surface area contributed by atoms with Crippen molar-refractivity contribution in [3.8, 4) is 16.9 Å². The van der Waals surface area contributed by atoms with E-state index in [0.717, 1.165) is 59.6 Å². The Morgan fingerprint density at radius 3 is 2.77 bits per heavy atom. The van der Waals surface area contributed by atoms with Crippen LogP contribution in [0.4, 0.5) is 11.5 Å². The smallest absolute Gasteiger partial charge is 0.230 e. The topological polar surface area (TPSA) is 122 Å². The highest BCUT2D eigenvalue weighted by atomic mass is 16.5. The molecule has 1 amide bonds. The second-order valence-corrected chi connectivity index (χ2v) is 8.79. The summed E-state index contributed by atoms with van der Waals surface area (Å²) in [5, 5.41) is 8.07. The second-order valence-electron chi connectivity index (χ2n) is 8.79. The minimum Gasteiger partial charge on any atom is -0.495 e. The summed E-state index contributed by atoms with van der Waals surface area (Å²) in [5.74, 6) is 0.839. The summed E-state index contributed by atoms with van der Waals surface area (Å²) in [5.41, 5.74) is 11.2. The molecule has 0 aliphatic carbocycles. The van der Waals surface area contributed by atoms with Crippen molar-refractivity contribution in [2.75, 3.05) is 31.4 Å². The van der Waals surface area contributed by atoms with Crippen molar-refractivity contribution in [2.45, 2.75) is 32.2 Å². The maximum Gasteiger partial charge on any atom is 0.230 e. The summed E-state index contributed by atoms with van der Waals surface area (Å²) in [6.45, 7) is 3.35. The number of rotatable bonds is 6. The molecule has 5 rings (SSSR count). The van der Waals surface area contributed by atoms with Gasteiger partial charge < -0.3 is 25.1 Å². The van der Waals surface area contributed by atoms with Gasteiger partial charge in [0.05, 0.1) is 30.3 Å². The third-order valence-corrected chi connectivity index (χ3v) is 6.45. The molecule has 0 radical (unpaired) electrons. The predicted molar refractivity (Wildman–Crippen MR) is 133 cm³/mol. The van der Waals surface area contributed by atoms with Gasteiger partial charge in [-0.25, -0.2) is 9.97 Å². The summed E-state index contributed by atoms with van der Waals surface area (Å²) in [4.78, 5) is 21.5. The average Bonchev–Trinajstić information content (AvgIpc) is 3.40. The zero-order chi connectivity index (χ0) is 24.5. The van der Waals surface area contributed by atoms with Gasteiger partial charge in [0, 0.05) is 43.8 Å². The number of carbonyl (C=O) groups is 1. The quantitative estimate of drug-likeness (QED) is 0.439. The molecule has 1 aromatic carbocycles. The van der Waals surface area contributed by atoms with E-state index in [1.54, 1.807) is 11.8 Å². The van der Waals surface area contributed by atoms with Gasteiger partial charge in [-0.2, -0.15) is 5.10 Å². The minimum absolute atomic E-state index is 0.146. The van der Waals surface area contributed by atoms with Crippen LogP contribution in [0.2, 0.25) is 0 Å². The molecule has 1 aliphatic rings. The molecular weight excluding hydrogens is 446 g/mol. The van der Waals surface area contributed by atoms with E-state index < -0.39 is 0 Å². The number of ether oxygens (including phenoxy) is 2. The number of aromatic nitrogens is 5. The molecule has 4 heterocycles. The van der Waals surface area contributed by atoms with Crippen molar-refractivity contribution in [2.24, 2.45) is 7.05 Å². The van der Waals surface area contributed by atoms with Crippen molar-refractivity contribution in [3.63, 3.8) is 0 Å². The van der Waals surface area contributed by atoms with Crippen LogP contribution < -0.4 is 15.8 Å². The number of hydrogen-bond acceptors (Lipinski definition) is 7. The standard InChI is InChI=1S/C25H29N7O3/c1-15-10-18(31(2)30-15)12-22(33)29-20-5-4-16(11-21(20)34-3)19-13-32(17-6-8-35-9-7-17)25-23(19)24(26)27-14-28-25/h4-5,10-11,13-14,17H,6-9,12H2,1-3H3,(H,29,33)(H2,26,27,28). The van der Waals surface area contributed by atoms with E-state index in [1.165, 1.54) is 6.33 Å². The third kappa shape index (κ3) is 4.44. The number of fused-ring (bicyclic) bond motifs is 1. The fraction of sp³-hybridized carbons (Fsp3) is 0.360. The third-order valence-electron chi connectivity index (χ3n) is 6.45. The van der Waals surface area contributed by atoms with E-state index >= 15 is 0 Å². The van der Waals surface area contributed by atoms with Crippen molar-refractivity contribution >= 4 is 28.4 Å². The first kappa shape index (κ1) is 22.9. The highest BCUT2D eigenvalue weighted by molar-refractivity contribution is 6.01. The molecule has 4 aromatic rings. The molecular formula is C25H29N7O3. The maximum atomic E-state index is 12.7. The Morgan fingerprint density at radius 2 is 2.06 bits per heavy atom. The lowest BCUT2D eigenvalue weighted by atomic mass is 10.0. The van der Waals surface area contributed by atoms with E-state index in [1.807, 2.05) is 38.2 Å². The number of amides is 1. The van der Waals surface area contributed by atoms with Gasteiger partial charge in [-0.15, -0.1) is 0 Å². The molecule has 10 heteroatoms. The summed E-state index contributed by atoms with van der Waals surface area (Å²) in [6, 6.07) is 7.88. The number of methoxy groups -OCH3 is 1. The lowest BCUT2D eigenvalue weighted by Crippen LogP contribution is -2.19. The maximum absolute atomic E-state index is 12.7. The molecule has 3 N–H and O–H groups in total. The number of nitrogens with zero attached hydrogens (tertiary/aromatic N) is 5. The largest absolute Gasteiger partial charge is 0.495 e. The normalized spacial score (nSPS) is 14.4. The zero-order valence-electron chi connectivity index (χ0n) is 20.1. The summed E-state index contributed by atoms with van der Waals surface area (Å²) in [6.07, 6.45) is 5.63. The molecule has 1 fully saturated rings. The van der Waals surface area contributed by atoms with Gasteiger partial charge in [0.1, 0.15) is 23.5 Å². The number of nitrogen functional groups attached to an aromatic ring is 1. The highest BCUT2D eigenvalue weighted by Crippen LogP contribution is 2.39. The molecule has 182 valence electrons. The van der Waals surface area contributed by atoms with Crippen molar-refractivity contribution in [1.82, 2.24) is 24.3 Å². The fourth-order valence-electron chi connectivity index (χ4n) is 4.72. The highest BCUT2D eigenvalue weighted by Gasteiger charge is 2.23. The predicted octanol–water partition coefficient (Wildman–Crippen LogP) is 3.26. The average molecular weight is 476 g/mol. The Hall–Kier alpha value is -3.92. The van der Waals surface area contributed by atoms with Gasteiger partial charge in [0.25, 0.3) is 0 Å². The van der Waals surface area contributed by atoms with E-state index in [0.29, 0.717) is 17.3 Å². The molecule has 0 spiro atoms. The number of anilines is 2. The summed E-state index contributed by atoms with van der Waals surface area (Å²) >= 11 is 0. The Morgan fingerprint density at radius 1 is 1.26 bits per heavy atom. The Labute approximate surface area is 203 Å². The van der Waals surface area contributed by atoms with E-state index in [2.05, 4.69) is 31.1 Å². The van der Waals surface area contributed by atoms with Gasteiger partial charge in [0.15, 0.2) is 0 Å². The first-order valence-electron chi connectivity index (χ1n) is 11.6. The van der Waals surface area contributed by atoms with Crippen molar-refractivity contribution in [1.29, 1.82) is 0 Å². The monoisotopic (exact) mass is 475 g/mol. The number of aryl methyl sites for hydroxylation is 2. The molecule has 35 heavy (non-hydrogen) atoms. The van der Waals surface area contributed by atoms with E-state index in [4.69, 9.17) is 15.2 Å². The Balaban J connectivity index is 1.47. The van der Waals surface area contributed by atoms with Gasteiger partial charge in [-0.05, 0) is 43.5 Å². The molecule has 10 nitrogen and oxygen atoms in total. The van der Waals surface area contributed by atoms with Gasteiger partial charge in [-0.3, -0.25) is 9.48 Å². The molecule has 0 atom stereocenters. The zero-order valence-corrected chi connectivity index (χ0v) is 20.1. The number of carbonyl (C=O) groups excluding carboxylic acids is 1. The number of benzene rings is 1. The van der Waals surface area contributed by atoms with Crippen LogP contribution in [0.5, 0.6) is 5.75 Å². The first-order valence-corrected chi connectivity index (χ1v) is 11.6. The fourth-order valence-corrected chi connectivity index (χ4v) is 4.72. The Kier molecular flexibility index (Phi) is 6.12. The van der Waals surface area contributed by atoms with Crippen LogP contribution >= 0.6 is 0 Å². The van der Waals surface area contributed by atoms with Gasteiger partial charge >= 0.3 is 0 Å². The van der Waals surface area contributed by atoms with E-state index in [9.17, 15) is 4.79 Å². The van der Waals surface area contributed by atoms with Crippen LogP contribution in [0, 0.1) is 6.92 Å². The molecule has 0 unspecified atom stereocenters. The summed E-state index contributed by atoms with van der Waals surface area (Å²) < 4.78 is 15.1. The van der Waals surface area contributed by atoms with Gasteiger partial charge in [-0.1, -0.05) is 6.07 Å². The SMILES string of the molecule is COc1cc(-c2cn(C3CCOCC3)c3ncnc(N)c23)ccc1NC(=O)Cc1cc(C)nn1C. The second kappa shape index (κ2) is 9.38. The number of nitrogens with two attached hydrogens (primary N) is 1. The van der Waals surface area contributed by atoms with E-state index in [-0.39, 0.29) is 18.4 Å².